The zero-order valence-corrected chi connectivity index (χ0v) is 18.6. The van der Waals surface area contributed by atoms with Gasteiger partial charge in [-0.3, -0.25) is 10.1 Å². The van der Waals surface area contributed by atoms with Gasteiger partial charge >= 0.3 is 0 Å². The van der Waals surface area contributed by atoms with E-state index in [9.17, 15) is 4.79 Å². The molecule has 3 rings (SSSR count). The van der Waals surface area contributed by atoms with Crippen LogP contribution in [0, 0.1) is 0 Å². The third-order valence-electron chi connectivity index (χ3n) is 4.40. The molecule has 0 aliphatic carbocycles. The first-order chi connectivity index (χ1) is 15.0. The maximum absolute atomic E-state index is 12.5. The maximum atomic E-state index is 12.5. The summed E-state index contributed by atoms with van der Waals surface area (Å²) < 4.78 is 11.2. The number of hydrogen-bond acceptors (Lipinski definition) is 5. The number of rotatable bonds is 8. The average molecular weight is 459 g/mol. The van der Waals surface area contributed by atoms with Crippen LogP contribution in [0.5, 0.6) is 5.75 Å². The largest absolute Gasteiger partial charge is 0.494 e. The lowest BCUT2D eigenvalue weighted by Gasteiger charge is -2.12. The summed E-state index contributed by atoms with van der Waals surface area (Å²) in [6.07, 6.45) is 1.99. The van der Waals surface area contributed by atoms with E-state index in [0.717, 1.165) is 12.8 Å². The highest BCUT2D eigenvalue weighted by molar-refractivity contribution is 7.80. The zero-order chi connectivity index (χ0) is 22.2. The summed E-state index contributed by atoms with van der Waals surface area (Å²) in [6.45, 7) is 2.52. The van der Waals surface area contributed by atoms with Gasteiger partial charge < -0.3 is 19.6 Å². The molecule has 0 atom stereocenters. The van der Waals surface area contributed by atoms with E-state index in [1.165, 1.54) is 0 Å². The number of unbranched alkanes of at least 4 members (excludes halogenated alkanes) is 1. The van der Waals surface area contributed by atoms with Crippen molar-refractivity contribution in [1.29, 1.82) is 0 Å². The lowest BCUT2D eigenvalue weighted by atomic mass is 10.1. The normalized spacial score (nSPS) is 10.5. The van der Waals surface area contributed by atoms with Crippen molar-refractivity contribution < 1.29 is 19.1 Å². The molecule has 8 heteroatoms. The molecule has 0 radical (unpaired) electrons. The SMILES string of the molecule is CCCCOc1cccc(C(=O)NC(=S)Nc2ccc(-c3ccc(CO)o3)c(Cl)c2)c1. The summed E-state index contributed by atoms with van der Waals surface area (Å²) in [5.41, 5.74) is 1.75. The summed E-state index contributed by atoms with van der Waals surface area (Å²) in [5, 5.41) is 15.3. The molecule has 6 nitrogen and oxygen atoms in total. The molecule has 1 amide bonds. The van der Waals surface area contributed by atoms with Crippen LogP contribution in [-0.2, 0) is 6.61 Å². The Morgan fingerprint density at radius 2 is 2.03 bits per heavy atom. The van der Waals surface area contributed by atoms with Gasteiger partial charge in [0, 0.05) is 16.8 Å². The van der Waals surface area contributed by atoms with E-state index in [1.807, 2.05) is 6.07 Å². The lowest BCUT2D eigenvalue weighted by Crippen LogP contribution is -2.34. The van der Waals surface area contributed by atoms with Crippen molar-refractivity contribution in [3.63, 3.8) is 0 Å². The highest BCUT2D eigenvalue weighted by Gasteiger charge is 2.12. The van der Waals surface area contributed by atoms with Gasteiger partial charge in [-0.05, 0) is 67.2 Å². The number of anilines is 1. The maximum Gasteiger partial charge on any atom is 0.257 e. The third-order valence-corrected chi connectivity index (χ3v) is 4.92. The highest BCUT2D eigenvalue weighted by atomic mass is 35.5. The number of carbonyl (C=O) groups is 1. The first-order valence-corrected chi connectivity index (χ1v) is 10.6. The second kappa shape index (κ2) is 10.9. The minimum absolute atomic E-state index is 0.145. The monoisotopic (exact) mass is 458 g/mol. The number of aliphatic hydroxyl groups is 1. The van der Waals surface area contributed by atoms with Gasteiger partial charge in [-0.1, -0.05) is 31.0 Å². The number of thiocarbonyl (C=S) groups is 1. The number of hydrogen-bond donors (Lipinski definition) is 3. The van der Waals surface area contributed by atoms with Crippen LogP contribution >= 0.6 is 23.8 Å². The van der Waals surface area contributed by atoms with Gasteiger partial charge in [-0.15, -0.1) is 0 Å². The molecular formula is C23H23ClN2O4S. The van der Waals surface area contributed by atoms with Crippen LogP contribution in [0.4, 0.5) is 5.69 Å². The van der Waals surface area contributed by atoms with Crippen LogP contribution in [-0.4, -0.2) is 22.7 Å². The number of halogens is 1. The summed E-state index contributed by atoms with van der Waals surface area (Å²) in [7, 11) is 0. The molecule has 0 spiro atoms. The number of nitrogens with one attached hydrogen (secondary N) is 2. The van der Waals surface area contributed by atoms with E-state index in [-0.39, 0.29) is 17.6 Å². The molecule has 0 fully saturated rings. The third kappa shape index (κ3) is 6.30. The number of benzene rings is 2. The van der Waals surface area contributed by atoms with Gasteiger partial charge in [0.1, 0.15) is 23.9 Å². The molecule has 0 aliphatic rings. The molecule has 31 heavy (non-hydrogen) atoms. The van der Waals surface area contributed by atoms with E-state index in [1.54, 1.807) is 48.5 Å². The van der Waals surface area contributed by atoms with Crippen LogP contribution < -0.4 is 15.4 Å². The fraction of sp³-hybridized carbons (Fsp3) is 0.217. The smallest absolute Gasteiger partial charge is 0.257 e. The Labute approximate surface area is 191 Å². The van der Waals surface area contributed by atoms with Crippen molar-refractivity contribution >= 4 is 40.5 Å². The Morgan fingerprint density at radius 1 is 1.19 bits per heavy atom. The Morgan fingerprint density at radius 3 is 2.74 bits per heavy atom. The van der Waals surface area contributed by atoms with E-state index in [4.69, 9.17) is 38.1 Å². The molecule has 0 bridgehead atoms. The van der Waals surface area contributed by atoms with Crippen LogP contribution in [0.15, 0.2) is 59.0 Å². The van der Waals surface area contributed by atoms with Crippen molar-refractivity contribution in [2.45, 2.75) is 26.4 Å². The molecule has 0 saturated carbocycles. The van der Waals surface area contributed by atoms with Crippen molar-refractivity contribution in [2.24, 2.45) is 0 Å². The van der Waals surface area contributed by atoms with Gasteiger partial charge in [-0.2, -0.15) is 0 Å². The van der Waals surface area contributed by atoms with E-state index in [0.29, 0.717) is 45.7 Å². The Bertz CT molecular complexity index is 1070. The summed E-state index contributed by atoms with van der Waals surface area (Å²) in [5.74, 6) is 1.31. The van der Waals surface area contributed by atoms with Gasteiger partial charge in [0.25, 0.3) is 5.91 Å². The predicted molar refractivity (Wildman–Crippen MR) is 126 cm³/mol. The molecule has 0 saturated heterocycles. The Kier molecular flexibility index (Phi) is 8.06. The van der Waals surface area contributed by atoms with Gasteiger partial charge in [-0.25, -0.2) is 0 Å². The second-order valence-electron chi connectivity index (χ2n) is 6.76. The van der Waals surface area contributed by atoms with Crippen molar-refractivity contribution in [3.05, 3.63) is 70.9 Å². The molecule has 3 N–H and O–H groups in total. The predicted octanol–water partition coefficient (Wildman–Crippen LogP) is 5.40. The fourth-order valence-electron chi connectivity index (χ4n) is 2.80. The number of ether oxygens (including phenoxy) is 1. The number of furan rings is 1. The van der Waals surface area contributed by atoms with E-state index < -0.39 is 0 Å². The van der Waals surface area contributed by atoms with E-state index >= 15 is 0 Å². The molecule has 2 aromatic carbocycles. The summed E-state index contributed by atoms with van der Waals surface area (Å²) in [4.78, 5) is 12.5. The van der Waals surface area contributed by atoms with Gasteiger partial charge in [0.15, 0.2) is 5.11 Å². The van der Waals surface area contributed by atoms with Crippen LogP contribution in [0.25, 0.3) is 11.3 Å². The second-order valence-corrected chi connectivity index (χ2v) is 7.57. The lowest BCUT2D eigenvalue weighted by molar-refractivity contribution is 0.0977. The molecular weight excluding hydrogens is 436 g/mol. The number of aliphatic hydroxyl groups excluding tert-OH is 1. The van der Waals surface area contributed by atoms with Gasteiger partial charge in [0.05, 0.1) is 11.6 Å². The minimum Gasteiger partial charge on any atom is -0.494 e. The van der Waals surface area contributed by atoms with Crippen molar-refractivity contribution in [1.82, 2.24) is 5.32 Å². The standard InChI is InChI=1S/C23H23ClN2O4S/c1-2-3-11-29-17-6-4-5-15(12-17)22(28)26-23(31)25-16-7-9-19(20(24)13-16)21-10-8-18(14-27)30-21/h4-10,12-13,27H,2-3,11,14H2,1H3,(H2,25,26,28,31). The minimum atomic E-state index is -0.340. The van der Waals surface area contributed by atoms with Crippen molar-refractivity contribution in [2.75, 3.05) is 11.9 Å². The molecule has 0 aliphatic heterocycles. The fourth-order valence-corrected chi connectivity index (χ4v) is 3.28. The zero-order valence-electron chi connectivity index (χ0n) is 17.0. The van der Waals surface area contributed by atoms with Gasteiger partial charge in [0.2, 0.25) is 0 Å². The molecule has 1 aromatic heterocycles. The molecule has 3 aromatic rings. The summed E-state index contributed by atoms with van der Waals surface area (Å²) in [6, 6.07) is 15.6. The topological polar surface area (TPSA) is 83.7 Å². The number of amides is 1. The van der Waals surface area contributed by atoms with E-state index in [2.05, 4.69) is 17.6 Å². The highest BCUT2D eigenvalue weighted by Crippen LogP contribution is 2.31. The van der Waals surface area contributed by atoms with Crippen molar-refractivity contribution in [3.8, 4) is 17.1 Å². The van der Waals surface area contributed by atoms with Crippen LogP contribution in [0.2, 0.25) is 5.02 Å². The van der Waals surface area contributed by atoms with Crippen LogP contribution in [0.3, 0.4) is 0 Å². The van der Waals surface area contributed by atoms with Crippen LogP contribution in [0.1, 0.15) is 35.9 Å². The number of carbonyl (C=O) groups excluding carboxylic acids is 1. The average Bonchev–Trinajstić information content (AvgIpc) is 3.23. The Balaban J connectivity index is 1.61. The Hall–Kier alpha value is -2.87. The molecule has 1 heterocycles. The summed E-state index contributed by atoms with van der Waals surface area (Å²) >= 11 is 11.6. The quantitative estimate of drug-likeness (QED) is 0.309. The molecule has 0 unspecified atom stereocenters. The molecule has 162 valence electrons. The first kappa shape index (κ1) is 22.8. The first-order valence-electron chi connectivity index (χ1n) is 9.85.